The van der Waals surface area contributed by atoms with E-state index in [4.69, 9.17) is 0 Å². The van der Waals surface area contributed by atoms with Crippen molar-refractivity contribution in [3.63, 3.8) is 0 Å². The van der Waals surface area contributed by atoms with Crippen molar-refractivity contribution in [2.45, 2.75) is 39.8 Å². The minimum atomic E-state index is -4.30. The van der Waals surface area contributed by atoms with E-state index in [1.807, 2.05) is 13.0 Å². The van der Waals surface area contributed by atoms with Crippen molar-refractivity contribution < 1.29 is 17.9 Å². The average Bonchev–Trinajstić information content (AvgIpc) is 2.33. The number of nitrogens with one attached hydrogen (secondary N) is 1. The first kappa shape index (κ1) is 17.7. The first-order valence-corrected chi connectivity index (χ1v) is 7.05. The lowest BCUT2D eigenvalue weighted by molar-refractivity contribution is -0.173. The third kappa shape index (κ3) is 7.84. The second-order valence-corrected chi connectivity index (χ2v) is 5.21. The van der Waals surface area contributed by atoms with Gasteiger partial charge in [0.05, 0.1) is 6.61 Å². The van der Waals surface area contributed by atoms with Gasteiger partial charge in [0.2, 0.25) is 0 Å². The van der Waals surface area contributed by atoms with Crippen LogP contribution < -0.4 is 5.32 Å². The summed E-state index contributed by atoms with van der Waals surface area (Å²) in [5.41, 5.74) is 0.891. The van der Waals surface area contributed by atoms with Gasteiger partial charge in [0.15, 0.2) is 0 Å². The molecule has 7 heteroatoms. The van der Waals surface area contributed by atoms with Crippen LogP contribution in [0.3, 0.4) is 0 Å². The Morgan fingerprint density at radius 1 is 1.29 bits per heavy atom. The zero-order valence-corrected chi connectivity index (χ0v) is 12.6. The van der Waals surface area contributed by atoms with Crippen molar-refractivity contribution in [3.8, 4) is 0 Å². The van der Waals surface area contributed by atoms with Gasteiger partial charge in [0.25, 0.3) is 0 Å². The molecule has 0 fully saturated rings. The van der Waals surface area contributed by atoms with E-state index in [-0.39, 0.29) is 13.0 Å². The van der Waals surface area contributed by atoms with Gasteiger partial charge in [-0.05, 0) is 19.3 Å². The van der Waals surface area contributed by atoms with Crippen molar-refractivity contribution >= 4 is 5.82 Å². The van der Waals surface area contributed by atoms with Crippen LogP contribution in [0.2, 0.25) is 0 Å². The van der Waals surface area contributed by atoms with Crippen LogP contribution in [0.1, 0.15) is 32.3 Å². The third-order valence-electron chi connectivity index (χ3n) is 2.54. The second kappa shape index (κ2) is 8.17. The molecule has 0 radical (unpaired) electrons. The van der Waals surface area contributed by atoms with Crippen molar-refractivity contribution in [2.75, 3.05) is 25.1 Å². The molecule has 0 aromatic carbocycles. The second-order valence-electron chi connectivity index (χ2n) is 5.21. The summed E-state index contributed by atoms with van der Waals surface area (Å²) in [6.07, 6.45) is -3.23. The van der Waals surface area contributed by atoms with E-state index in [0.717, 1.165) is 18.7 Å². The molecule has 1 N–H and O–H groups in total. The van der Waals surface area contributed by atoms with E-state index in [2.05, 4.69) is 33.9 Å². The van der Waals surface area contributed by atoms with Crippen LogP contribution in [-0.4, -0.2) is 35.9 Å². The third-order valence-corrected chi connectivity index (χ3v) is 2.54. The highest BCUT2D eigenvalue weighted by molar-refractivity contribution is 5.36. The molecular formula is C14H22F3N3O. The Morgan fingerprint density at radius 3 is 2.57 bits per heavy atom. The van der Waals surface area contributed by atoms with Gasteiger partial charge in [0, 0.05) is 24.7 Å². The van der Waals surface area contributed by atoms with Gasteiger partial charge in [0.1, 0.15) is 18.2 Å². The summed E-state index contributed by atoms with van der Waals surface area (Å²) >= 11 is 0. The maximum absolute atomic E-state index is 12.0. The van der Waals surface area contributed by atoms with Crippen LogP contribution in [0.15, 0.2) is 6.07 Å². The molecule has 0 amide bonds. The fraction of sp³-hybridized carbons (Fsp3) is 0.714. The van der Waals surface area contributed by atoms with Gasteiger partial charge in [-0.15, -0.1) is 0 Å². The molecule has 0 atom stereocenters. The Hall–Kier alpha value is -1.37. The maximum Gasteiger partial charge on any atom is 0.411 e. The first-order chi connectivity index (χ1) is 9.80. The van der Waals surface area contributed by atoms with Crippen molar-refractivity contribution in [1.29, 1.82) is 0 Å². The Labute approximate surface area is 123 Å². The highest BCUT2D eigenvalue weighted by Crippen LogP contribution is 2.15. The predicted molar refractivity (Wildman–Crippen MR) is 75.3 cm³/mol. The highest BCUT2D eigenvalue weighted by Gasteiger charge is 2.27. The molecule has 4 nitrogen and oxygen atoms in total. The summed E-state index contributed by atoms with van der Waals surface area (Å²) in [4.78, 5) is 8.66. The van der Waals surface area contributed by atoms with Crippen LogP contribution in [-0.2, 0) is 17.6 Å². The van der Waals surface area contributed by atoms with Gasteiger partial charge in [-0.1, -0.05) is 13.8 Å². The van der Waals surface area contributed by atoms with Crippen molar-refractivity contribution in [2.24, 2.45) is 5.92 Å². The maximum atomic E-state index is 12.0. The minimum absolute atomic E-state index is 0.0454. The number of alkyl halides is 3. The predicted octanol–water partition coefficient (Wildman–Crippen LogP) is 3.23. The summed E-state index contributed by atoms with van der Waals surface area (Å²) in [7, 11) is 0. The number of aromatic nitrogens is 2. The molecule has 0 bridgehead atoms. The quantitative estimate of drug-likeness (QED) is 0.749. The van der Waals surface area contributed by atoms with Crippen LogP contribution in [0.5, 0.6) is 0 Å². The van der Waals surface area contributed by atoms with Gasteiger partial charge in [-0.3, -0.25) is 0 Å². The number of ether oxygens (including phenoxy) is 1. The number of hydrogen-bond acceptors (Lipinski definition) is 4. The zero-order chi connectivity index (χ0) is 15.9. The molecule has 1 aromatic rings. The monoisotopic (exact) mass is 305 g/mol. The molecule has 0 unspecified atom stereocenters. The molecule has 0 aliphatic carbocycles. The number of anilines is 1. The molecule has 1 heterocycles. The van der Waals surface area contributed by atoms with Crippen molar-refractivity contribution in [3.05, 3.63) is 17.6 Å². The largest absolute Gasteiger partial charge is 0.411 e. The van der Waals surface area contributed by atoms with E-state index in [1.54, 1.807) is 0 Å². The molecule has 1 aromatic heterocycles. The summed E-state index contributed by atoms with van der Waals surface area (Å²) in [5.74, 6) is 1.66. The molecule has 0 spiro atoms. The molecule has 120 valence electrons. The average molecular weight is 305 g/mol. The van der Waals surface area contributed by atoms with E-state index in [1.165, 1.54) is 0 Å². The van der Waals surface area contributed by atoms with Crippen LogP contribution in [0, 0.1) is 5.92 Å². The summed E-state index contributed by atoms with van der Waals surface area (Å²) < 4.78 is 40.6. The molecule has 21 heavy (non-hydrogen) atoms. The fourth-order valence-electron chi connectivity index (χ4n) is 1.81. The summed E-state index contributed by atoms with van der Waals surface area (Å²) in [6, 6.07) is 1.88. The normalized spacial score (nSPS) is 12.0. The lowest BCUT2D eigenvalue weighted by atomic mass is 10.1. The van der Waals surface area contributed by atoms with Gasteiger partial charge in [-0.25, -0.2) is 9.97 Å². The Bertz CT molecular complexity index is 436. The van der Waals surface area contributed by atoms with E-state index < -0.39 is 12.8 Å². The Kier molecular flexibility index (Phi) is 6.87. The summed E-state index contributed by atoms with van der Waals surface area (Å²) in [6.45, 7) is 5.57. The lowest BCUT2D eigenvalue weighted by Crippen LogP contribution is -2.18. The van der Waals surface area contributed by atoms with Gasteiger partial charge >= 0.3 is 6.18 Å². The van der Waals surface area contributed by atoms with E-state index in [9.17, 15) is 13.2 Å². The van der Waals surface area contributed by atoms with Crippen LogP contribution in [0.4, 0.5) is 19.0 Å². The SMILES string of the molecule is CCNc1cc(CC(C)C)nc(CCOCC(F)(F)F)n1. The van der Waals surface area contributed by atoms with Gasteiger partial charge in [-0.2, -0.15) is 13.2 Å². The Morgan fingerprint density at radius 2 is 2.00 bits per heavy atom. The molecule has 0 saturated heterocycles. The summed E-state index contributed by atoms with van der Waals surface area (Å²) in [5, 5.41) is 3.10. The fourth-order valence-corrected chi connectivity index (χ4v) is 1.81. The number of nitrogens with zero attached hydrogens (tertiary/aromatic N) is 2. The molecule has 0 aliphatic heterocycles. The van der Waals surface area contributed by atoms with Crippen LogP contribution in [0.25, 0.3) is 0 Å². The van der Waals surface area contributed by atoms with Crippen LogP contribution >= 0.6 is 0 Å². The number of rotatable bonds is 8. The smallest absolute Gasteiger partial charge is 0.372 e. The zero-order valence-electron chi connectivity index (χ0n) is 12.6. The Balaban J connectivity index is 2.64. The van der Waals surface area contributed by atoms with E-state index >= 15 is 0 Å². The number of hydrogen-bond donors (Lipinski definition) is 1. The minimum Gasteiger partial charge on any atom is -0.372 e. The molecule has 0 saturated carbocycles. The van der Waals surface area contributed by atoms with Crippen molar-refractivity contribution in [1.82, 2.24) is 9.97 Å². The molecule has 0 aliphatic rings. The topological polar surface area (TPSA) is 47.0 Å². The number of halogens is 3. The van der Waals surface area contributed by atoms with Gasteiger partial charge < -0.3 is 10.1 Å². The molecule has 1 rings (SSSR count). The lowest BCUT2D eigenvalue weighted by Gasteiger charge is -2.11. The standard InChI is InChI=1S/C14H22F3N3O/c1-4-18-13-8-11(7-10(2)3)19-12(20-13)5-6-21-9-14(15,16)17/h8,10H,4-7,9H2,1-3H3,(H,18,19,20). The first-order valence-electron chi connectivity index (χ1n) is 7.05. The molecular weight excluding hydrogens is 283 g/mol. The highest BCUT2D eigenvalue weighted by atomic mass is 19.4. The van der Waals surface area contributed by atoms with E-state index in [0.29, 0.717) is 17.6 Å².